The molecule has 0 spiro atoms. The molecule has 2 aliphatic rings. The van der Waals surface area contributed by atoms with Gasteiger partial charge in [0.25, 0.3) is 12.3 Å². The van der Waals surface area contributed by atoms with Gasteiger partial charge in [-0.1, -0.05) is 18.2 Å². The predicted molar refractivity (Wildman–Crippen MR) is 118 cm³/mol. The average molecular weight is 515 g/mol. The number of carbonyl (C=O) groups excluding carboxylic acids is 1. The van der Waals surface area contributed by atoms with Crippen LogP contribution in [0.5, 0.6) is 0 Å². The van der Waals surface area contributed by atoms with Gasteiger partial charge in [0.05, 0.1) is 30.9 Å². The second-order valence-corrected chi connectivity index (χ2v) is 8.68. The fourth-order valence-electron chi connectivity index (χ4n) is 4.38. The average Bonchev–Trinajstić information content (AvgIpc) is 3.32. The van der Waals surface area contributed by atoms with Crippen molar-refractivity contribution in [2.24, 2.45) is 5.73 Å². The van der Waals surface area contributed by atoms with Crippen LogP contribution in [0.3, 0.4) is 0 Å². The maximum absolute atomic E-state index is 14.5. The fraction of sp³-hybridized carbons (Fsp3) is 0.522. The second kappa shape index (κ2) is 10.2. The maximum Gasteiger partial charge on any atom is 0.318 e. The van der Waals surface area contributed by atoms with Gasteiger partial charge in [-0.25, -0.2) is 23.1 Å². The Labute approximate surface area is 204 Å². The lowest BCUT2D eigenvalue weighted by Crippen LogP contribution is -2.51. The summed E-state index contributed by atoms with van der Waals surface area (Å²) in [6.07, 6.45) is -2.34. The van der Waals surface area contributed by atoms with Crippen LogP contribution in [0.2, 0.25) is 0 Å². The number of hydrogen-bond acceptors (Lipinski definition) is 7. The predicted octanol–water partition coefficient (Wildman–Crippen LogP) is 3.25. The van der Waals surface area contributed by atoms with Crippen LogP contribution in [0.15, 0.2) is 18.2 Å². The third-order valence-corrected chi connectivity index (χ3v) is 6.52. The van der Waals surface area contributed by atoms with Crippen molar-refractivity contribution in [1.82, 2.24) is 14.9 Å². The lowest BCUT2D eigenvalue weighted by molar-refractivity contribution is -0.167. The number of ether oxygens (including phenoxy) is 2. The van der Waals surface area contributed by atoms with E-state index in [0.717, 1.165) is 6.07 Å². The van der Waals surface area contributed by atoms with E-state index in [1.807, 2.05) is 0 Å². The summed E-state index contributed by atoms with van der Waals surface area (Å²) in [5, 5.41) is 2.77. The molecule has 2 aliphatic heterocycles. The minimum absolute atomic E-state index is 0.00347. The van der Waals surface area contributed by atoms with Crippen LogP contribution < -0.4 is 11.1 Å². The standard InChI is InChI=1S/C23H26F5N5O3/c1-35-22(5-7-36-8-6-22)21(34)33-10-15-16(11-33)31-20(23(27,28)12-29)32-19(15)30-9-13-3-2-4-14(17(13)24)18(25)26/h2-4,18H,5-12,29H2,1H3,(H,30,31,32). The van der Waals surface area contributed by atoms with Crippen LogP contribution in [-0.4, -0.2) is 53.2 Å². The summed E-state index contributed by atoms with van der Waals surface area (Å²) in [6, 6.07) is 3.55. The summed E-state index contributed by atoms with van der Waals surface area (Å²) in [7, 11) is 1.43. The van der Waals surface area contributed by atoms with E-state index in [1.54, 1.807) is 0 Å². The molecule has 13 heteroatoms. The highest BCUT2D eigenvalue weighted by atomic mass is 19.3. The molecule has 0 bridgehead atoms. The first-order valence-corrected chi connectivity index (χ1v) is 11.3. The summed E-state index contributed by atoms with van der Waals surface area (Å²) in [5.74, 6) is -5.90. The molecule has 1 amide bonds. The second-order valence-electron chi connectivity index (χ2n) is 8.68. The summed E-state index contributed by atoms with van der Waals surface area (Å²) in [5.41, 5.74) is 3.78. The van der Waals surface area contributed by atoms with E-state index in [1.165, 1.54) is 24.1 Å². The van der Waals surface area contributed by atoms with Crippen LogP contribution >= 0.6 is 0 Å². The maximum atomic E-state index is 14.5. The smallest absolute Gasteiger partial charge is 0.318 e. The van der Waals surface area contributed by atoms with E-state index in [-0.39, 0.29) is 42.6 Å². The SMILES string of the molecule is COC1(C(=O)N2Cc3nc(C(F)(F)CN)nc(NCc4cccc(C(F)F)c4F)c3C2)CCOCC1. The number of anilines is 1. The van der Waals surface area contributed by atoms with Crippen LogP contribution in [0.25, 0.3) is 0 Å². The first-order chi connectivity index (χ1) is 17.1. The summed E-state index contributed by atoms with van der Waals surface area (Å²) in [6.45, 7) is -0.759. The zero-order valence-electron chi connectivity index (χ0n) is 19.5. The molecular formula is C23H26F5N5O3. The fourth-order valence-corrected chi connectivity index (χ4v) is 4.38. The van der Waals surface area contributed by atoms with E-state index in [4.69, 9.17) is 15.2 Å². The van der Waals surface area contributed by atoms with Gasteiger partial charge in [-0.2, -0.15) is 8.78 Å². The largest absolute Gasteiger partial charge is 0.381 e. The molecule has 3 heterocycles. The third-order valence-electron chi connectivity index (χ3n) is 6.52. The molecule has 2 aromatic rings. The van der Waals surface area contributed by atoms with Crippen molar-refractivity contribution < 1.29 is 36.2 Å². The van der Waals surface area contributed by atoms with Gasteiger partial charge in [0.15, 0.2) is 5.60 Å². The van der Waals surface area contributed by atoms with E-state index < -0.39 is 41.7 Å². The Hall–Kier alpha value is -2.90. The lowest BCUT2D eigenvalue weighted by atomic mass is 9.92. The molecule has 1 aromatic heterocycles. The molecule has 0 saturated carbocycles. The normalized spacial score (nSPS) is 17.4. The van der Waals surface area contributed by atoms with Crippen LogP contribution in [0.4, 0.5) is 27.8 Å². The molecule has 0 radical (unpaired) electrons. The van der Waals surface area contributed by atoms with Crippen molar-refractivity contribution in [3.63, 3.8) is 0 Å². The number of alkyl halides is 4. The number of halogens is 5. The summed E-state index contributed by atoms with van der Waals surface area (Å²) < 4.78 is 80.4. The van der Waals surface area contributed by atoms with Gasteiger partial charge in [-0.15, -0.1) is 0 Å². The molecule has 36 heavy (non-hydrogen) atoms. The Balaban J connectivity index is 1.65. The number of aromatic nitrogens is 2. The zero-order chi connectivity index (χ0) is 26.1. The number of nitrogens with two attached hydrogens (primary N) is 1. The highest BCUT2D eigenvalue weighted by molar-refractivity contribution is 5.86. The van der Waals surface area contributed by atoms with Gasteiger partial charge >= 0.3 is 5.92 Å². The highest BCUT2D eigenvalue weighted by Crippen LogP contribution is 2.35. The summed E-state index contributed by atoms with van der Waals surface area (Å²) in [4.78, 5) is 22.7. The van der Waals surface area contributed by atoms with Gasteiger partial charge < -0.3 is 25.4 Å². The first kappa shape index (κ1) is 26.2. The zero-order valence-corrected chi connectivity index (χ0v) is 19.5. The number of methoxy groups -OCH3 is 1. The molecule has 1 fully saturated rings. The number of benzene rings is 1. The number of fused-ring (bicyclic) bond motifs is 1. The van der Waals surface area contributed by atoms with Crippen molar-refractivity contribution in [2.75, 3.05) is 32.2 Å². The minimum Gasteiger partial charge on any atom is -0.381 e. The molecule has 8 nitrogen and oxygen atoms in total. The Kier molecular flexibility index (Phi) is 7.43. The minimum atomic E-state index is -3.56. The number of nitrogens with one attached hydrogen (secondary N) is 1. The number of carbonyl (C=O) groups is 1. The molecule has 0 atom stereocenters. The Bertz CT molecular complexity index is 1130. The van der Waals surface area contributed by atoms with Gasteiger partial charge in [0.2, 0.25) is 5.82 Å². The van der Waals surface area contributed by atoms with Crippen molar-refractivity contribution in [3.8, 4) is 0 Å². The van der Waals surface area contributed by atoms with Gasteiger partial charge in [0.1, 0.15) is 11.6 Å². The number of amides is 1. The molecule has 1 aromatic carbocycles. The monoisotopic (exact) mass is 515 g/mol. The third kappa shape index (κ3) is 4.87. The molecule has 1 saturated heterocycles. The number of nitrogens with zero attached hydrogens (tertiary/aromatic N) is 3. The molecule has 4 rings (SSSR count). The molecular weight excluding hydrogens is 489 g/mol. The number of hydrogen-bond donors (Lipinski definition) is 2. The van der Waals surface area contributed by atoms with Gasteiger partial charge in [-0.05, 0) is 0 Å². The van der Waals surface area contributed by atoms with Gasteiger partial charge in [0, 0.05) is 50.8 Å². The number of rotatable bonds is 8. The van der Waals surface area contributed by atoms with Crippen LogP contribution in [0.1, 0.15) is 47.5 Å². The van der Waals surface area contributed by atoms with Crippen molar-refractivity contribution >= 4 is 11.7 Å². The van der Waals surface area contributed by atoms with Crippen molar-refractivity contribution in [3.05, 3.63) is 52.2 Å². The van der Waals surface area contributed by atoms with Crippen molar-refractivity contribution in [2.45, 2.75) is 50.4 Å². The molecule has 3 N–H and O–H groups in total. The Morgan fingerprint density at radius 3 is 2.64 bits per heavy atom. The quantitative estimate of drug-likeness (QED) is 0.521. The van der Waals surface area contributed by atoms with E-state index >= 15 is 0 Å². The Morgan fingerprint density at radius 1 is 1.28 bits per heavy atom. The molecule has 0 aliphatic carbocycles. The van der Waals surface area contributed by atoms with E-state index in [9.17, 15) is 26.7 Å². The first-order valence-electron chi connectivity index (χ1n) is 11.3. The Morgan fingerprint density at radius 2 is 2.00 bits per heavy atom. The topological polar surface area (TPSA) is 103 Å². The van der Waals surface area contributed by atoms with E-state index in [0.29, 0.717) is 31.6 Å². The van der Waals surface area contributed by atoms with Gasteiger partial charge in [-0.3, -0.25) is 4.79 Å². The highest BCUT2D eigenvalue weighted by Gasteiger charge is 2.45. The summed E-state index contributed by atoms with van der Waals surface area (Å²) >= 11 is 0. The molecule has 196 valence electrons. The molecule has 0 unspecified atom stereocenters. The van der Waals surface area contributed by atoms with Crippen molar-refractivity contribution in [1.29, 1.82) is 0 Å². The van der Waals surface area contributed by atoms with E-state index in [2.05, 4.69) is 15.3 Å². The van der Waals surface area contributed by atoms with Crippen LogP contribution in [-0.2, 0) is 39.8 Å². The van der Waals surface area contributed by atoms with Crippen LogP contribution in [0, 0.1) is 5.82 Å². The lowest BCUT2D eigenvalue weighted by Gasteiger charge is -2.37.